The van der Waals surface area contributed by atoms with Gasteiger partial charge in [0, 0.05) is 6.92 Å². The minimum Gasteiger partial charge on any atom is -0.382 e. The summed E-state index contributed by atoms with van der Waals surface area (Å²) in [6.45, 7) is 1.24. The predicted molar refractivity (Wildman–Crippen MR) is 42.4 cm³/mol. The summed E-state index contributed by atoms with van der Waals surface area (Å²) in [5.41, 5.74) is 5.21. The minimum atomic E-state index is -0.435. The molecular weight excluding hydrogens is 170 g/mol. The largest absolute Gasteiger partial charge is 0.382 e. The Balaban J connectivity index is 3.48. The molecule has 1 rings (SSSR count). The molecule has 0 fully saturated rings. The normalized spacial score (nSPS) is 8.85. The van der Waals surface area contributed by atoms with E-state index in [9.17, 15) is 4.79 Å². The Labute approximate surface area is 73.8 Å². The summed E-state index contributed by atoms with van der Waals surface area (Å²) in [6.07, 6.45) is 0. The number of anilines is 1. The minimum absolute atomic E-state index is 0.0577. The van der Waals surface area contributed by atoms with E-state index < -0.39 is 5.91 Å². The highest BCUT2D eigenvalue weighted by Crippen LogP contribution is 2.14. The lowest BCUT2D eigenvalue weighted by molar-refractivity contribution is 0.0924. The van der Waals surface area contributed by atoms with E-state index in [1.807, 2.05) is 0 Å². The zero-order valence-corrected chi connectivity index (χ0v) is 6.77. The van der Waals surface area contributed by atoms with Gasteiger partial charge in [0.15, 0.2) is 5.69 Å². The molecule has 0 spiro atoms. The average molecular weight is 175 g/mol. The molecule has 0 saturated heterocycles. The highest BCUT2D eigenvalue weighted by atomic mass is 16.2. The summed E-state index contributed by atoms with van der Waals surface area (Å²) < 4.78 is 0.830. The van der Waals surface area contributed by atoms with Crippen LogP contribution in [-0.2, 0) is 0 Å². The highest BCUT2D eigenvalue weighted by Gasteiger charge is 2.16. The van der Waals surface area contributed by atoms with Crippen LogP contribution in [0, 0.1) is 22.7 Å². The lowest BCUT2D eigenvalue weighted by Crippen LogP contribution is -2.11. The third kappa shape index (κ3) is 1.21. The van der Waals surface area contributed by atoms with Gasteiger partial charge >= 0.3 is 0 Å². The molecule has 1 aromatic heterocycles. The Bertz CT molecular complexity index is 445. The molecule has 0 aliphatic heterocycles. The maximum Gasteiger partial charge on any atom is 0.245 e. The number of carbonyl (C=O) groups is 1. The second-order valence-electron chi connectivity index (χ2n) is 2.26. The van der Waals surface area contributed by atoms with Crippen LogP contribution in [0.5, 0.6) is 0 Å². The van der Waals surface area contributed by atoms with Crippen molar-refractivity contribution in [1.29, 1.82) is 10.5 Å². The van der Waals surface area contributed by atoms with E-state index in [2.05, 4.69) is 5.10 Å². The number of rotatable bonds is 0. The van der Waals surface area contributed by atoms with Crippen LogP contribution in [0.15, 0.2) is 0 Å². The molecule has 0 atom stereocenters. The third-order valence-electron chi connectivity index (χ3n) is 1.44. The number of nitrogens with two attached hydrogens (primary N) is 1. The smallest absolute Gasteiger partial charge is 0.245 e. The zero-order valence-electron chi connectivity index (χ0n) is 6.77. The Morgan fingerprint density at radius 2 is 2.15 bits per heavy atom. The van der Waals surface area contributed by atoms with E-state index in [1.165, 1.54) is 6.92 Å². The molecule has 1 aromatic rings. The molecule has 2 N–H and O–H groups in total. The number of hydrogen-bond donors (Lipinski definition) is 1. The van der Waals surface area contributed by atoms with Crippen LogP contribution in [0.25, 0.3) is 0 Å². The second-order valence-corrected chi connectivity index (χ2v) is 2.26. The first-order valence-corrected chi connectivity index (χ1v) is 3.31. The lowest BCUT2D eigenvalue weighted by atomic mass is 10.3. The second kappa shape index (κ2) is 2.95. The monoisotopic (exact) mass is 175 g/mol. The van der Waals surface area contributed by atoms with E-state index in [-0.39, 0.29) is 17.1 Å². The van der Waals surface area contributed by atoms with Gasteiger partial charge in [-0.05, 0) is 0 Å². The van der Waals surface area contributed by atoms with Crippen LogP contribution < -0.4 is 5.73 Å². The molecule has 0 aromatic carbocycles. The van der Waals surface area contributed by atoms with Gasteiger partial charge in [-0.25, -0.2) is 0 Å². The van der Waals surface area contributed by atoms with Gasteiger partial charge in [0.1, 0.15) is 23.5 Å². The Kier molecular flexibility index (Phi) is 1.99. The molecule has 0 amide bonds. The van der Waals surface area contributed by atoms with Gasteiger partial charge in [-0.15, -0.1) is 0 Å². The quantitative estimate of drug-likeness (QED) is 0.590. The van der Waals surface area contributed by atoms with Crippen molar-refractivity contribution >= 4 is 11.7 Å². The zero-order chi connectivity index (χ0) is 10.0. The molecule has 13 heavy (non-hydrogen) atoms. The van der Waals surface area contributed by atoms with Crippen molar-refractivity contribution in [1.82, 2.24) is 9.78 Å². The third-order valence-corrected chi connectivity index (χ3v) is 1.44. The first-order valence-electron chi connectivity index (χ1n) is 3.31. The van der Waals surface area contributed by atoms with E-state index in [1.54, 1.807) is 12.1 Å². The number of hydrogen-bond acceptors (Lipinski definition) is 5. The van der Waals surface area contributed by atoms with Crippen molar-refractivity contribution in [3.05, 3.63) is 11.3 Å². The number of carbonyl (C=O) groups excluding carboxylic acids is 1. The maximum absolute atomic E-state index is 10.9. The number of nitrogens with zero attached hydrogens (tertiary/aromatic N) is 4. The molecule has 0 unspecified atom stereocenters. The van der Waals surface area contributed by atoms with E-state index in [4.69, 9.17) is 16.3 Å². The van der Waals surface area contributed by atoms with E-state index >= 15 is 0 Å². The molecule has 64 valence electrons. The fourth-order valence-corrected chi connectivity index (χ4v) is 0.860. The number of nitrogen functional groups attached to an aromatic ring is 1. The van der Waals surface area contributed by atoms with Gasteiger partial charge in [0.05, 0.1) is 0 Å². The molecule has 6 heteroatoms. The summed E-state index contributed by atoms with van der Waals surface area (Å²) in [4.78, 5) is 10.9. The van der Waals surface area contributed by atoms with E-state index in [0.29, 0.717) is 0 Å². The summed E-state index contributed by atoms with van der Waals surface area (Å²) >= 11 is 0. The molecular formula is C7H5N5O. The van der Waals surface area contributed by atoms with Gasteiger partial charge in [0.25, 0.3) is 0 Å². The van der Waals surface area contributed by atoms with Gasteiger partial charge in [-0.2, -0.15) is 20.3 Å². The highest BCUT2D eigenvalue weighted by molar-refractivity contribution is 5.80. The van der Waals surface area contributed by atoms with E-state index in [0.717, 1.165) is 4.68 Å². The average Bonchev–Trinajstić information content (AvgIpc) is 2.41. The molecule has 0 radical (unpaired) electrons. The fraction of sp³-hybridized carbons (Fsp3) is 0.143. The van der Waals surface area contributed by atoms with Crippen molar-refractivity contribution in [3.63, 3.8) is 0 Å². The molecule has 0 aliphatic carbocycles. The molecule has 0 bridgehead atoms. The SMILES string of the molecule is CC(=O)n1nc(C#N)c(C#N)c1N. The van der Waals surface area contributed by atoms with Crippen LogP contribution in [0.4, 0.5) is 5.82 Å². The van der Waals surface area contributed by atoms with Crippen molar-refractivity contribution in [2.75, 3.05) is 5.73 Å². The van der Waals surface area contributed by atoms with Crippen LogP contribution >= 0.6 is 0 Å². The predicted octanol–water partition coefficient (Wildman–Crippen LogP) is -0.131. The molecule has 0 aliphatic rings. The van der Waals surface area contributed by atoms with Crippen molar-refractivity contribution in [2.45, 2.75) is 6.92 Å². The fourth-order valence-electron chi connectivity index (χ4n) is 0.860. The van der Waals surface area contributed by atoms with Gasteiger partial charge < -0.3 is 5.73 Å². The van der Waals surface area contributed by atoms with Crippen molar-refractivity contribution < 1.29 is 4.79 Å². The first kappa shape index (κ1) is 8.75. The van der Waals surface area contributed by atoms with Gasteiger partial charge in [-0.3, -0.25) is 4.79 Å². The van der Waals surface area contributed by atoms with Crippen molar-refractivity contribution in [3.8, 4) is 12.1 Å². The number of nitriles is 2. The van der Waals surface area contributed by atoms with Crippen molar-refractivity contribution in [2.24, 2.45) is 0 Å². The Morgan fingerprint density at radius 1 is 1.54 bits per heavy atom. The van der Waals surface area contributed by atoms with Crippen LogP contribution in [0.3, 0.4) is 0 Å². The molecule has 6 nitrogen and oxygen atoms in total. The molecule has 1 heterocycles. The Hall–Kier alpha value is -2.34. The van der Waals surface area contributed by atoms with Gasteiger partial charge in [-0.1, -0.05) is 0 Å². The van der Waals surface area contributed by atoms with Crippen LogP contribution in [0.1, 0.15) is 23.0 Å². The maximum atomic E-state index is 10.9. The number of aromatic nitrogens is 2. The standard InChI is InChI=1S/C7H5N5O/c1-4(13)12-7(10)5(2-8)6(3-9)11-12/h10H2,1H3. The van der Waals surface area contributed by atoms with Crippen LogP contribution in [0.2, 0.25) is 0 Å². The molecule has 0 saturated carbocycles. The lowest BCUT2D eigenvalue weighted by Gasteiger charge is -1.94. The summed E-state index contributed by atoms with van der Waals surface area (Å²) in [6, 6.07) is 3.38. The van der Waals surface area contributed by atoms with Gasteiger partial charge in [0.2, 0.25) is 5.91 Å². The topological polar surface area (TPSA) is 108 Å². The summed E-state index contributed by atoms with van der Waals surface area (Å²) in [5.74, 6) is -0.526. The Morgan fingerprint density at radius 3 is 2.46 bits per heavy atom. The van der Waals surface area contributed by atoms with Crippen LogP contribution in [-0.4, -0.2) is 15.7 Å². The first-order chi connectivity index (χ1) is 6.11. The summed E-state index contributed by atoms with van der Waals surface area (Å²) in [5, 5.41) is 20.7. The summed E-state index contributed by atoms with van der Waals surface area (Å²) in [7, 11) is 0.